The van der Waals surface area contributed by atoms with E-state index in [1.165, 1.54) is 12.4 Å². The third-order valence-electron chi connectivity index (χ3n) is 3.89. The first-order chi connectivity index (χ1) is 14.1. The van der Waals surface area contributed by atoms with Gasteiger partial charge in [-0.15, -0.1) is 0 Å². The van der Waals surface area contributed by atoms with Crippen molar-refractivity contribution >= 4 is 35.3 Å². The average Bonchev–Trinajstić information content (AvgIpc) is 2.74. The summed E-state index contributed by atoms with van der Waals surface area (Å²) in [5.41, 5.74) is 4.44. The zero-order valence-corrected chi connectivity index (χ0v) is 16.9. The monoisotopic (exact) mass is 429 g/mol. The number of ether oxygens (including phenoxy) is 2. The minimum absolute atomic E-state index is 0.230. The fourth-order valence-electron chi connectivity index (χ4n) is 2.47. The lowest BCUT2D eigenvalue weighted by molar-refractivity contribution is 0.0955. The second-order valence-corrected chi connectivity index (χ2v) is 6.72. The first kappa shape index (κ1) is 20.6. The van der Waals surface area contributed by atoms with Gasteiger partial charge >= 0.3 is 0 Å². The number of halogens is 2. The molecule has 3 aromatic rings. The van der Waals surface area contributed by atoms with Gasteiger partial charge in [-0.3, -0.25) is 9.78 Å². The number of methoxy groups -OCH3 is 1. The zero-order valence-electron chi connectivity index (χ0n) is 15.4. The maximum atomic E-state index is 12.0. The number of rotatable bonds is 7. The smallest absolute Gasteiger partial charge is 0.272 e. The highest BCUT2D eigenvalue weighted by molar-refractivity contribution is 6.35. The highest BCUT2D eigenvalue weighted by Gasteiger charge is 2.08. The SMILES string of the molecule is COc1ccc(/C=N/NC(=O)c2cccnc2)cc1COc1ccc(Cl)cc1Cl. The van der Waals surface area contributed by atoms with E-state index in [0.717, 1.165) is 11.1 Å². The Labute approximate surface area is 178 Å². The Morgan fingerprint density at radius 1 is 1.17 bits per heavy atom. The van der Waals surface area contributed by atoms with E-state index < -0.39 is 0 Å². The van der Waals surface area contributed by atoms with Gasteiger partial charge in [0.2, 0.25) is 0 Å². The molecule has 0 saturated heterocycles. The molecule has 0 aliphatic rings. The summed E-state index contributed by atoms with van der Waals surface area (Å²) in [5.74, 6) is 0.830. The van der Waals surface area contributed by atoms with Crippen LogP contribution in [0.1, 0.15) is 21.5 Å². The van der Waals surface area contributed by atoms with Crippen LogP contribution < -0.4 is 14.9 Å². The zero-order chi connectivity index (χ0) is 20.6. The number of nitrogens with one attached hydrogen (secondary N) is 1. The molecule has 6 nitrogen and oxygen atoms in total. The highest BCUT2D eigenvalue weighted by Crippen LogP contribution is 2.29. The molecule has 0 unspecified atom stereocenters. The molecule has 0 saturated carbocycles. The molecule has 0 fully saturated rings. The van der Waals surface area contributed by atoms with Crippen molar-refractivity contribution in [2.75, 3.05) is 7.11 Å². The van der Waals surface area contributed by atoms with Crippen molar-refractivity contribution in [1.82, 2.24) is 10.4 Å². The predicted octanol–water partition coefficient (Wildman–Crippen LogP) is 4.74. The quantitative estimate of drug-likeness (QED) is 0.434. The van der Waals surface area contributed by atoms with E-state index in [1.807, 2.05) is 12.1 Å². The fourth-order valence-corrected chi connectivity index (χ4v) is 2.93. The number of hydrogen-bond donors (Lipinski definition) is 1. The van der Waals surface area contributed by atoms with Gasteiger partial charge < -0.3 is 9.47 Å². The third-order valence-corrected chi connectivity index (χ3v) is 4.42. The molecular formula is C21H17Cl2N3O3. The molecule has 0 radical (unpaired) electrons. The van der Waals surface area contributed by atoms with Crippen LogP contribution in [0.2, 0.25) is 10.0 Å². The number of benzene rings is 2. The molecule has 1 aromatic heterocycles. The Bertz CT molecular complexity index is 1030. The predicted molar refractivity (Wildman–Crippen MR) is 113 cm³/mol. The van der Waals surface area contributed by atoms with Gasteiger partial charge in [-0.05, 0) is 54.1 Å². The Morgan fingerprint density at radius 3 is 2.72 bits per heavy atom. The highest BCUT2D eigenvalue weighted by atomic mass is 35.5. The van der Waals surface area contributed by atoms with Gasteiger partial charge in [-0.25, -0.2) is 5.43 Å². The average molecular weight is 430 g/mol. The van der Waals surface area contributed by atoms with E-state index >= 15 is 0 Å². The largest absolute Gasteiger partial charge is 0.496 e. The van der Waals surface area contributed by atoms with Crippen LogP contribution in [0.15, 0.2) is 66.0 Å². The third kappa shape index (κ3) is 5.70. The first-order valence-electron chi connectivity index (χ1n) is 8.55. The summed E-state index contributed by atoms with van der Waals surface area (Å²) in [7, 11) is 1.58. The van der Waals surface area contributed by atoms with Crippen molar-refractivity contribution < 1.29 is 14.3 Å². The van der Waals surface area contributed by atoms with Crippen LogP contribution in [0.25, 0.3) is 0 Å². The molecule has 148 valence electrons. The van der Waals surface area contributed by atoms with Gasteiger partial charge in [0, 0.05) is 23.0 Å². The summed E-state index contributed by atoms with van der Waals surface area (Å²) >= 11 is 12.0. The first-order valence-corrected chi connectivity index (χ1v) is 9.30. The summed E-state index contributed by atoms with van der Waals surface area (Å²) in [6.07, 6.45) is 4.60. The van der Waals surface area contributed by atoms with E-state index in [0.29, 0.717) is 27.1 Å². The number of carbonyl (C=O) groups excluding carboxylic acids is 1. The van der Waals surface area contributed by atoms with E-state index in [2.05, 4.69) is 15.5 Å². The van der Waals surface area contributed by atoms with Gasteiger partial charge in [0.25, 0.3) is 5.91 Å². The number of amides is 1. The molecule has 1 heterocycles. The lowest BCUT2D eigenvalue weighted by atomic mass is 10.1. The number of aromatic nitrogens is 1. The normalized spacial score (nSPS) is 10.7. The van der Waals surface area contributed by atoms with Crippen molar-refractivity contribution in [2.45, 2.75) is 6.61 Å². The van der Waals surface area contributed by atoms with Crippen LogP contribution >= 0.6 is 23.2 Å². The summed E-state index contributed by atoms with van der Waals surface area (Å²) in [5, 5.41) is 4.94. The summed E-state index contributed by atoms with van der Waals surface area (Å²) < 4.78 is 11.2. The van der Waals surface area contributed by atoms with E-state index in [-0.39, 0.29) is 12.5 Å². The Hall–Kier alpha value is -3.09. The van der Waals surface area contributed by atoms with E-state index in [1.54, 1.807) is 49.7 Å². The molecule has 0 aliphatic carbocycles. The second kappa shape index (κ2) is 9.91. The van der Waals surface area contributed by atoms with E-state index in [9.17, 15) is 4.79 Å². The lowest BCUT2D eigenvalue weighted by Gasteiger charge is -2.12. The maximum Gasteiger partial charge on any atom is 0.272 e. The fraction of sp³-hybridized carbons (Fsp3) is 0.0952. The van der Waals surface area contributed by atoms with Crippen molar-refractivity contribution in [1.29, 1.82) is 0 Å². The van der Waals surface area contributed by atoms with Gasteiger partial charge in [-0.2, -0.15) is 5.10 Å². The summed E-state index contributed by atoms with van der Waals surface area (Å²) in [6.45, 7) is 0.230. The van der Waals surface area contributed by atoms with Gasteiger partial charge in [0.1, 0.15) is 18.1 Å². The van der Waals surface area contributed by atoms with Crippen molar-refractivity contribution in [2.24, 2.45) is 5.10 Å². The molecule has 29 heavy (non-hydrogen) atoms. The molecule has 0 atom stereocenters. The molecule has 1 N–H and O–H groups in total. The molecule has 0 spiro atoms. The second-order valence-electron chi connectivity index (χ2n) is 5.88. The van der Waals surface area contributed by atoms with Crippen LogP contribution in [-0.4, -0.2) is 24.2 Å². The minimum atomic E-state index is -0.344. The topological polar surface area (TPSA) is 72.8 Å². The summed E-state index contributed by atoms with van der Waals surface area (Å²) in [6, 6.07) is 13.8. The molecule has 0 bridgehead atoms. The minimum Gasteiger partial charge on any atom is -0.496 e. The van der Waals surface area contributed by atoms with Crippen LogP contribution in [0.5, 0.6) is 11.5 Å². The van der Waals surface area contributed by atoms with Crippen molar-refractivity contribution in [3.05, 3.63) is 87.7 Å². The number of hydrogen-bond acceptors (Lipinski definition) is 5. The number of pyridine rings is 1. The van der Waals surface area contributed by atoms with Gasteiger partial charge in [0.15, 0.2) is 0 Å². The van der Waals surface area contributed by atoms with Crippen molar-refractivity contribution in [3.8, 4) is 11.5 Å². The lowest BCUT2D eigenvalue weighted by Crippen LogP contribution is -2.17. The van der Waals surface area contributed by atoms with Crippen LogP contribution in [0, 0.1) is 0 Å². The molecular weight excluding hydrogens is 413 g/mol. The molecule has 1 amide bonds. The van der Waals surface area contributed by atoms with Gasteiger partial charge in [0.05, 0.1) is 23.9 Å². The standard InChI is InChI=1S/C21H17Cl2N3O3/c1-28-19-6-4-14(11-25-26-21(27)15-3-2-8-24-12-15)9-16(19)13-29-20-7-5-17(22)10-18(20)23/h2-12H,13H2,1H3,(H,26,27)/b25-11+. The molecule has 2 aromatic carbocycles. The Morgan fingerprint density at radius 2 is 2.00 bits per heavy atom. The number of hydrazone groups is 1. The molecule has 3 rings (SSSR count). The summed E-state index contributed by atoms with van der Waals surface area (Å²) in [4.78, 5) is 15.9. The van der Waals surface area contributed by atoms with Crippen LogP contribution in [0.4, 0.5) is 0 Å². The van der Waals surface area contributed by atoms with Gasteiger partial charge in [-0.1, -0.05) is 23.2 Å². The Balaban J connectivity index is 1.68. The van der Waals surface area contributed by atoms with Crippen LogP contribution in [0.3, 0.4) is 0 Å². The maximum absolute atomic E-state index is 12.0. The van der Waals surface area contributed by atoms with E-state index in [4.69, 9.17) is 32.7 Å². The van der Waals surface area contributed by atoms with Crippen LogP contribution in [-0.2, 0) is 6.61 Å². The molecule has 0 aliphatic heterocycles. The molecule has 8 heteroatoms. The number of nitrogens with zero attached hydrogens (tertiary/aromatic N) is 2. The number of carbonyl (C=O) groups is 1. The van der Waals surface area contributed by atoms with Crippen molar-refractivity contribution in [3.63, 3.8) is 0 Å². The Kier molecular flexibility index (Phi) is 7.05.